The molecule has 5 nitrogen and oxygen atoms in total. The molecule has 0 radical (unpaired) electrons. The second-order valence-electron chi connectivity index (χ2n) is 6.54. The van der Waals surface area contributed by atoms with Gasteiger partial charge in [0.25, 0.3) is 0 Å². The zero-order valence-electron chi connectivity index (χ0n) is 14.0. The van der Waals surface area contributed by atoms with Crippen molar-refractivity contribution in [1.82, 2.24) is 14.5 Å². The Morgan fingerprint density at radius 3 is 3.08 bits per heavy atom. The average molecular weight is 355 g/mol. The third kappa shape index (κ3) is 3.19. The second kappa shape index (κ2) is 6.98. The standard InChI is InChI=1S/C19H21N3O2S/c23-13-14-4-2-8-21(11-14)18(24)12-22-16(17-6-3-9-25-17)10-15-5-1-7-20-19(15)22/h1,3,5-7,9-10,14,23H,2,4,8,11-13H2/t14-/m1/s1. The Morgan fingerprint density at radius 2 is 2.28 bits per heavy atom. The topological polar surface area (TPSA) is 58.4 Å². The molecule has 0 bridgehead atoms. The van der Waals surface area contributed by atoms with Crippen molar-refractivity contribution in [2.75, 3.05) is 19.7 Å². The first-order valence-corrected chi connectivity index (χ1v) is 9.51. The van der Waals surface area contributed by atoms with Gasteiger partial charge in [-0.1, -0.05) is 6.07 Å². The lowest BCUT2D eigenvalue weighted by atomic mass is 9.99. The smallest absolute Gasteiger partial charge is 0.242 e. The first-order valence-electron chi connectivity index (χ1n) is 8.63. The van der Waals surface area contributed by atoms with Crippen LogP contribution in [0.3, 0.4) is 0 Å². The third-order valence-corrected chi connectivity index (χ3v) is 5.74. The summed E-state index contributed by atoms with van der Waals surface area (Å²) in [5.74, 6) is 0.299. The normalized spacial score (nSPS) is 18.0. The molecule has 3 aromatic rings. The Kier molecular flexibility index (Phi) is 4.55. The summed E-state index contributed by atoms with van der Waals surface area (Å²) < 4.78 is 2.02. The van der Waals surface area contributed by atoms with E-state index in [4.69, 9.17) is 0 Å². The van der Waals surface area contributed by atoms with E-state index in [0.29, 0.717) is 6.54 Å². The van der Waals surface area contributed by atoms with E-state index in [1.807, 2.05) is 33.0 Å². The van der Waals surface area contributed by atoms with Crippen molar-refractivity contribution < 1.29 is 9.90 Å². The summed E-state index contributed by atoms with van der Waals surface area (Å²) in [6.07, 6.45) is 3.72. The first-order chi connectivity index (χ1) is 12.3. The number of hydrogen-bond acceptors (Lipinski definition) is 4. The molecule has 0 spiro atoms. The van der Waals surface area contributed by atoms with E-state index in [2.05, 4.69) is 17.1 Å². The number of carbonyl (C=O) groups is 1. The number of aliphatic hydroxyl groups excluding tert-OH is 1. The van der Waals surface area contributed by atoms with Crippen LogP contribution in [0.15, 0.2) is 41.9 Å². The van der Waals surface area contributed by atoms with Gasteiger partial charge >= 0.3 is 0 Å². The molecule has 1 amide bonds. The summed E-state index contributed by atoms with van der Waals surface area (Å²) in [5, 5.41) is 12.5. The molecule has 0 saturated carbocycles. The van der Waals surface area contributed by atoms with E-state index < -0.39 is 0 Å². The summed E-state index contributed by atoms with van der Waals surface area (Å²) in [6, 6.07) is 10.1. The number of rotatable bonds is 4. The minimum Gasteiger partial charge on any atom is -0.396 e. The molecule has 1 atom stereocenters. The Morgan fingerprint density at radius 1 is 1.36 bits per heavy atom. The first kappa shape index (κ1) is 16.3. The molecular formula is C19H21N3O2S. The summed E-state index contributed by atoms with van der Waals surface area (Å²) in [5.41, 5.74) is 1.88. The summed E-state index contributed by atoms with van der Waals surface area (Å²) in [7, 11) is 0. The highest BCUT2D eigenvalue weighted by Crippen LogP contribution is 2.30. The van der Waals surface area contributed by atoms with Crippen LogP contribution >= 0.6 is 11.3 Å². The van der Waals surface area contributed by atoms with Gasteiger partial charge in [-0.3, -0.25) is 4.79 Å². The predicted molar refractivity (Wildman–Crippen MR) is 99.4 cm³/mol. The average Bonchev–Trinajstić information content (AvgIpc) is 3.30. The maximum absolute atomic E-state index is 12.9. The number of amides is 1. The maximum atomic E-state index is 12.9. The van der Waals surface area contributed by atoms with Gasteiger partial charge in [-0.15, -0.1) is 11.3 Å². The fourth-order valence-electron chi connectivity index (χ4n) is 3.55. The zero-order chi connectivity index (χ0) is 17.2. The molecule has 4 heterocycles. The van der Waals surface area contributed by atoms with E-state index in [1.54, 1.807) is 17.5 Å². The van der Waals surface area contributed by atoms with Crippen LogP contribution < -0.4 is 0 Å². The number of piperidine rings is 1. The molecule has 0 aromatic carbocycles. The number of likely N-dealkylation sites (tertiary alicyclic amines) is 1. The van der Waals surface area contributed by atoms with Gasteiger partial charge in [-0.05, 0) is 48.4 Å². The maximum Gasteiger partial charge on any atom is 0.242 e. The van der Waals surface area contributed by atoms with E-state index >= 15 is 0 Å². The number of nitrogens with zero attached hydrogens (tertiary/aromatic N) is 3. The zero-order valence-corrected chi connectivity index (χ0v) is 14.8. The number of fused-ring (bicyclic) bond motifs is 1. The molecule has 6 heteroatoms. The van der Waals surface area contributed by atoms with Crippen LogP contribution in [0.5, 0.6) is 0 Å². The van der Waals surface area contributed by atoms with Gasteiger partial charge in [-0.2, -0.15) is 0 Å². The molecule has 4 rings (SSSR count). The van der Waals surface area contributed by atoms with E-state index in [9.17, 15) is 9.90 Å². The van der Waals surface area contributed by atoms with Crippen LogP contribution in [0.2, 0.25) is 0 Å². The Labute approximate surface area is 150 Å². The molecular weight excluding hydrogens is 334 g/mol. The van der Waals surface area contributed by atoms with Gasteiger partial charge in [0.15, 0.2) is 0 Å². The van der Waals surface area contributed by atoms with Crippen LogP contribution in [-0.2, 0) is 11.3 Å². The fraction of sp³-hybridized carbons (Fsp3) is 0.368. The highest BCUT2D eigenvalue weighted by atomic mass is 32.1. The monoisotopic (exact) mass is 355 g/mol. The molecule has 1 N–H and O–H groups in total. The van der Waals surface area contributed by atoms with Crippen molar-refractivity contribution >= 4 is 28.3 Å². The summed E-state index contributed by atoms with van der Waals surface area (Å²) in [4.78, 5) is 20.4. The quantitative estimate of drug-likeness (QED) is 0.783. The van der Waals surface area contributed by atoms with Gasteiger partial charge in [0.2, 0.25) is 5.91 Å². The lowest BCUT2D eigenvalue weighted by Gasteiger charge is -2.32. The molecule has 1 aliphatic rings. The van der Waals surface area contributed by atoms with E-state index in [0.717, 1.165) is 41.0 Å². The molecule has 1 saturated heterocycles. The lowest BCUT2D eigenvalue weighted by Crippen LogP contribution is -2.42. The Balaban J connectivity index is 1.66. The van der Waals surface area contributed by atoms with Gasteiger partial charge < -0.3 is 14.6 Å². The molecule has 1 fully saturated rings. The predicted octanol–water partition coefficient (Wildman–Crippen LogP) is 3.00. The Bertz CT molecular complexity index is 872. The number of carbonyl (C=O) groups excluding carboxylic acids is 1. The van der Waals surface area contributed by atoms with Crippen molar-refractivity contribution in [3.05, 3.63) is 41.9 Å². The number of aliphatic hydroxyl groups is 1. The van der Waals surface area contributed by atoms with E-state index in [-0.39, 0.29) is 25.0 Å². The highest BCUT2D eigenvalue weighted by Gasteiger charge is 2.24. The number of aromatic nitrogens is 2. The van der Waals surface area contributed by atoms with Gasteiger partial charge in [0, 0.05) is 31.3 Å². The van der Waals surface area contributed by atoms with Crippen LogP contribution in [0.25, 0.3) is 21.6 Å². The molecule has 130 valence electrons. The Hall–Kier alpha value is -2.18. The molecule has 1 aliphatic heterocycles. The van der Waals surface area contributed by atoms with Gasteiger partial charge in [0.05, 0.1) is 10.6 Å². The molecule has 0 aliphatic carbocycles. The minimum atomic E-state index is 0.0964. The fourth-order valence-corrected chi connectivity index (χ4v) is 4.30. The van der Waals surface area contributed by atoms with Crippen molar-refractivity contribution in [2.24, 2.45) is 5.92 Å². The molecule has 3 aromatic heterocycles. The highest BCUT2D eigenvalue weighted by molar-refractivity contribution is 7.13. The summed E-state index contributed by atoms with van der Waals surface area (Å²) in [6.45, 7) is 1.86. The largest absolute Gasteiger partial charge is 0.396 e. The summed E-state index contributed by atoms with van der Waals surface area (Å²) >= 11 is 1.67. The van der Waals surface area contributed by atoms with Crippen LogP contribution in [0, 0.1) is 5.92 Å². The van der Waals surface area contributed by atoms with Gasteiger partial charge in [0.1, 0.15) is 12.2 Å². The number of thiophene rings is 1. The number of pyridine rings is 1. The van der Waals surface area contributed by atoms with Crippen LogP contribution in [-0.4, -0.2) is 45.2 Å². The van der Waals surface area contributed by atoms with Crippen molar-refractivity contribution in [3.8, 4) is 10.6 Å². The van der Waals surface area contributed by atoms with Crippen molar-refractivity contribution in [3.63, 3.8) is 0 Å². The van der Waals surface area contributed by atoms with Gasteiger partial charge in [-0.25, -0.2) is 4.98 Å². The molecule has 25 heavy (non-hydrogen) atoms. The SMILES string of the molecule is O=C(Cn1c(-c2cccs2)cc2cccnc21)N1CCC[C@@H](CO)C1. The molecule has 0 unspecified atom stereocenters. The van der Waals surface area contributed by atoms with Crippen molar-refractivity contribution in [2.45, 2.75) is 19.4 Å². The third-order valence-electron chi connectivity index (χ3n) is 4.85. The van der Waals surface area contributed by atoms with E-state index in [1.165, 1.54) is 0 Å². The number of hydrogen-bond donors (Lipinski definition) is 1. The second-order valence-corrected chi connectivity index (χ2v) is 7.49. The van der Waals surface area contributed by atoms with Crippen LogP contribution in [0.1, 0.15) is 12.8 Å². The minimum absolute atomic E-state index is 0.0964. The lowest BCUT2D eigenvalue weighted by molar-refractivity contribution is -0.133. The van der Waals surface area contributed by atoms with Crippen molar-refractivity contribution in [1.29, 1.82) is 0 Å². The van der Waals surface area contributed by atoms with Crippen LogP contribution in [0.4, 0.5) is 0 Å².